The van der Waals surface area contributed by atoms with Gasteiger partial charge in [0.2, 0.25) is 11.8 Å². The molecular formula is C18H18N4O2. The van der Waals surface area contributed by atoms with Gasteiger partial charge in [0.05, 0.1) is 12.4 Å². The third-order valence-corrected chi connectivity index (χ3v) is 2.94. The second-order valence-electron chi connectivity index (χ2n) is 5.10. The number of carbonyl (C=O) groups is 2. The van der Waals surface area contributed by atoms with E-state index in [2.05, 4.69) is 20.8 Å². The zero-order valence-electron chi connectivity index (χ0n) is 13.5. The van der Waals surface area contributed by atoms with Gasteiger partial charge in [-0.25, -0.2) is 0 Å². The molecule has 6 heteroatoms. The van der Waals surface area contributed by atoms with Crippen molar-refractivity contribution in [3.05, 3.63) is 59.7 Å². The Balaban J connectivity index is 1.91. The lowest BCUT2D eigenvalue weighted by atomic mass is 10.2. The molecule has 0 atom stereocenters. The number of anilines is 2. The van der Waals surface area contributed by atoms with Crippen LogP contribution in [0.3, 0.4) is 0 Å². The summed E-state index contributed by atoms with van der Waals surface area (Å²) in [6, 6.07) is 14.6. The van der Waals surface area contributed by atoms with Crippen LogP contribution < -0.4 is 10.6 Å². The SMILES string of the molecule is CC(=O)Nc1ccc(/C=N\N=C/c2ccc(NC(C)=O)cc2)cc1. The summed E-state index contributed by atoms with van der Waals surface area (Å²) in [5.74, 6) is -0.212. The second-order valence-corrected chi connectivity index (χ2v) is 5.10. The Kier molecular flexibility index (Phi) is 5.96. The highest BCUT2D eigenvalue weighted by molar-refractivity contribution is 5.90. The van der Waals surface area contributed by atoms with Gasteiger partial charge in [-0.15, -0.1) is 0 Å². The van der Waals surface area contributed by atoms with Crippen LogP contribution in [-0.4, -0.2) is 24.2 Å². The zero-order chi connectivity index (χ0) is 17.4. The van der Waals surface area contributed by atoms with E-state index in [-0.39, 0.29) is 11.8 Å². The molecule has 2 aromatic rings. The van der Waals surface area contributed by atoms with Crippen molar-refractivity contribution in [3.8, 4) is 0 Å². The summed E-state index contributed by atoms with van der Waals surface area (Å²) in [5.41, 5.74) is 3.23. The number of benzene rings is 2. The van der Waals surface area contributed by atoms with Crippen LogP contribution in [0, 0.1) is 0 Å². The molecule has 0 bridgehead atoms. The van der Waals surface area contributed by atoms with E-state index >= 15 is 0 Å². The van der Waals surface area contributed by atoms with Crippen molar-refractivity contribution in [2.24, 2.45) is 10.2 Å². The van der Waals surface area contributed by atoms with Crippen molar-refractivity contribution < 1.29 is 9.59 Å². The van der Waals surface area contributed by atoms with E-state index in [0.717, 1.165) is 22.5 Å². The van der Waals surface area contributed by atoms with E-state index in [1.54, 1.807) is 36.7 Å². The number of rotatable bonds is 5. The maximum absolute atomic E-state index is 10.9. The van der Waals surface area contributed by atoms with Crippen LogP contribution in [0.5, 0.6) is 0 Å². The first-order valence-electron chi connectivity index (χ1n) is 7.34. The standard InChI is InChI=1S/C18H18N4O2/c1-13(23)21-17-7-3-15(4-8-17)11-19-20-12-16-5-9-18(10-6-16)22-14(2)24/h3-12H,1-2H3,(H,21,23)(H,22,24)/b19-11-,20-12-. The predicted molar refractivity (Wildman–Crippen MR) is 96.7 cm³/mol. The summed E-state index contributed by atoms with van der Waals surface area (Å²) in [4.78, 5) is 21.9. The van der Waals surface area contributed by atoms with Gasteiger partial charge in [0, 0.05) is 25.2 Å². The fourth-order valence-electron chi connectivity index (χ4n) is 1.91. The lowest BCUT2D eigenvalue weighted by molar-refractivity contribution is -0.115. The Morgan fingerprint density at radius 3 is 1.33 bits per heavy atom. The molecule has 2 N–H and O–H groups in total. The van der Waals surface area contributed by atoms with Crippen LogP contribution in [0.1, 0.15) is 25.0 Å². The van der Waals surface area contributed by atoms with Crippen molar-refractivity contribution in [2.45, 2.75) is 13.8 Å². The van der Waals surface area contributed by atoms with Gasteiger partial charge in [0.25, 0.3) is 0 Å². The van der Waals surface area contributed by atoms with Gasteiger partial charge in [0.1, 0.15) is 0 Å². The molecule has 0 spiro atoms. The molecule has 0 radical (unpaired) electrons. The minimum atomic E-state index is -0.106. The smallest absolute Gasteiger partial charge is 0.221 e. The molecule has 0 aliphatic rings. The summed E-state index contributed by atoms with van der Waals surface area (Å²) < 4.78 is 0. The zero-order valence-corrected chi connectivity index (χ0v) is 13.5. The summed E-state index contributed by atoms with van der Waals surface area (Å²) in [6.07, 6.45) is 3.25. The van der Waals surface area contributed by atoms with Crippen LogP contribution in [0.2, 0.25) is 0 Å². The molecule has 6 nitrogen and oxygen atoms in total. The molecule has 0 unspecified atom stereocenters. The molecule has 122 valence electrons. The summed E-state index contributed by atoms with van der Waals surface area (Å²) in [6.45, 7) is 2.93. The lowest BCUT2D eigenvalue weighted by Crippen LogP contribution is -2.05. The van der Waals surface area contributed by atoms with Crippen molar-refractivity contribution in [3.63, 3.8) is 0 Å². The molecule has 24 heavy (non-hydrogen) atoms. The molecule has 0 saturated carbocycles. The number of hydrogen-bond acceptors (Lipinski definition) is 4. The highest BCUT2D eigenvalue weighted by Crippen LogP contribution is 2.09. The fourth-order valence-corrected chi connectivity index (χ4v) is 1.91. The van der Waals surface area contributed by atoms with Crippen LogP contribution in [0.25, 0.3) is 0 Å². The van der Waals surface area contributed by atoms with Crippen molar-refractivity contribution >= 4 is 35.6 Å². The first kappa shape index (κ1) is 17.1. The first-order valence-corrected chi connectivity index (χ1v) is 7.34. The Bertz CT molecular complexity index is 695. The van der Waals surface area contributed by atoms with Crippen molar-refractivity contribution in [2.75, 3.05) is 10.6 Å². The second kappa shape index (κ2) is 8.38. The van der Waals surface area contributed by atoms with Gasteiger partial charge in [-0.2, -0.15) is 10.2 Å². The topological polar surface area (TPSA) is 82.9 Å². The van der Waals surface area contributed by atoms with Gasteiger partial charge in [-0.1, -0.05) is 24.3 Å². The molecule has 0 aliphatic carbocycles. The highest BCUT2D eigenvalue weighted by Gasteiger charge is 1.95. The van der Waals surface area contributed by atoms with Gasteiger partial charge >= 0.3 is 0 Å². The molecule has 2 rings (SSSR count). The lowest BCUT2D eigenvalue weighted by Gasteiger charge is -2.01. The van der Waals surface area contributed by atoms with Crippen LogP contribution >= 0.6 is 0 Å². The van der Waals surface area contributed by atoms with E-state index in [9.17, 15) is 9.59 Å². The number of amides is 2. The maximum atomic E-state index is 10.9. The number of carbonyl (C=O) groups excluding carboxylic acids is 2. The van der Waals surface area contributed by atoms with Crippen molar-refractivity contribution in [1.29, 1.82) is 0 Å². The molecule has 2 amide bonds. The molecular weight excluding hydrogens is 304 g/mol. The largest absolute Gasteiger partial charge is 0.326 e. The highest BCUT2D eigenvalue weighted by atomic mass is 16.2. The molecule has 0 heterocycles. The monoisotopic (exact) mass is 322 g/mol. The minimum absolute atomic E-state index is 0.106. The average Bonchev–Trinajstić information content (AvgIpc) is 2.53. The van der Waals surface area contributed by atoms with Gasteiger partial charge in [-0.3, -0.25) is 9.59 Å². The fraction of sp³-hybridized carbons (Fsp3) is 0.111. The van der Waals surface area contributed by atoms with E-state index < -0.39 is 0 Å². The Morgan fingerprint density at radius 2 is 1.04 bits per heavy atom. The van der Waals surface area contributed by atoms with E-state index in [1.807, 2.05) is 24.3 Å². The quantitative estimate of drug-likeness (QED) is 0.655. The third kappa shape index (κ3) is 5.84. The van der Waals surface area contributed by atoms with E-state index in [0.29, 0.717) is 0 Å². The third-order valence-electron chi connectivity index (χ3n) is 2.94. The summed E-state index contributed by atoms with van der Waals surface area (Å²) in [7, 11) is 0. The van der Waals surface area contributed by atoms with E-state index in [1.165, 1.54) is 13.8 Å². The minimum Gasteiger partial charge on any atom is -0.326 e. The van der Waals surface area contributed by atoms with Gasteiger partial charge < -0.3 is 10.6 Å². The van der Waals surface area contributed by atoms with E-state index in [4.69, 9.17) is 0 Å². The molecule has 2 aromatic carbocycles. The predicted octanol–water partition coefficient (Wildman–Crippen LogP) is 3.06. The Labute approximate surface area is 140 Å². The Hall–Kier alpha value is -3.28. The molecule has 0 fully saturated rings. The number of nitrogens with zero attached hydrogens (tertiary/aromatic N) is 2. The van der Waals surface area contributed by atoms with Crippen molar-refractivity contribution in [1.82, 2.24) is 0 Å². The number of hydrogen-bond donors (Lipinski definition) is 2. The average molecular weight is 322 g/mol. The summed E-state index contributed by atoms with van der Waals surface area (Å²) >= 11 is 0. The molecule has 0 saturated heterocycles. The van der Waals surface area contributed by atoms with Gasteiger partial charge in [0.15, 0.2) is 0 Å². The first-order chi connectivity index (χ1) is 11.5. The summed E-state index contributed by atoms with van der Waals surface area (Å²) in [5, 5.41) is 13.4. The van der Waals surface area contributed by atoms with Gasteiger partial charge in [-0.05, 0) is 35.4 Å². The van der Waals surface area contributed by atoms with Crippen LogP contribution in [0.15, 0.2) is 58.7 Å². The van der Waals surface area contributed by atoms with Crippen LogP contribution in [-0.2, 0) is 9.59 Å². The maximum Gasteiger partial charge on any atom is 0.221 e. The normalized spacial score (nSPS) is 10.9. The molecule has 0 aromatic heterocycles. The van der Waals surface area contributed by atoms with Crippen LogP contribution in [0.4, 0.5) is 11.4 Å². The molecule has 0 aliphatic heterocycles. The number of nitrogens with one attached hydrogen (secondary N) is 2. The Morgan fingerprint density at radius 1 is 0.708 bits per heavy atom.